The SMILES string of the molecule is NCCCNC(=O)c1c[nH]c(=O)cn1. The van der Waals surface area contributed by atoms with Crippen LogP contribution in [0, 0.1) is 0 Å². The zero-order valence-corrected chi connectivity index (χ0v) is 7.62. The Kier molecular flexibility index (Phi) is 3.81. The number of nitrogens with two attached hydrogens (primary N) is 1. The summed E-state index contributed by atoms with van der Waals surface area (Å²) in [5.74, 6) is -0.310. The molecule has 0 fully saturated rings. The smallest absolute Gasteiger partial charge is 0.271 e. The Morgan fingerprint density at radius 2 is 2.43 bits per heavy atom. The molecule has 6 heteroatoms. The van der Waals surface area contributed by atoms with Gasteiger partial charge in [0.15, 0.2) is 0 Å². The predicted molar refractivity (Wildman–Crippen MR) is 50.9 cm³/mol. The van der Waals surface area contributed by atoms with E-state index in [2.05, 4.69) is 15.3 Å². The van der Waals surface area contributed by atoms with Gasteiger partial charge in [0.1, 0.15) is 5.69 Å². The van der Waals surface area contributed by atoms with Gasteiger partial charge in [-0.05, 0) is 13.0 Å². The van der Waals surface area contributed by atoms with Crippen LogP contribution < -0.4 is 16.6 Å². The second-order valence-corrected chi connectivity index (χ2v) is 2.69. The molecule has 0 aliphatic carbocycles. The summed E-state index contributed by atoms with van der Waals surface area (Å²) in [6.45, 7) is 1.04. The molecular formula is C8H12N4O2. The Hall–Kier alpha value is -1.69. The summed E-state index contributed by atoms with van der Waals surface area (Å²) in [5, 5.41) is 2.62. The number of carbonyl (C=O) groups excluding carboxylic acids is 1. The highest BCUT2D eigenvalue weighted by atomic mass is 16.2. The number of rotatable bonds is 4. The van der Waals surface area contributed by atoms with E-state index >= 15 is 0 Å². The minimum atomic E-state index is -0.330. The van der Waals surface area contributed by atoms with Crippen LogP contribution in [0.5, 0.6) is 0 Å². The molecule has 0 atom stereocenters. The number of nitrogens with zero attached hydrogens (tertiary/aromatic N) is 1. The zero-order valence-electron chi connectivity index (χ0n) is 7.62. The average molecular weight is 196 g/mol. The molecule has 0 unspecified atom stereocenters. The van der Waals surface area contributed by atoms with Crippen molar-refractivity contribution >= 4 is 5.91 Å². The van der Waals surface area contributed by atoms with Crippen molar-refractivity contribution in [1.29, 1.82) is 0 Å². The first-order valence-corrected chi connectivity index (χ1v) is 4.27. The molecule has 0 saturated heterocycles. The van der Waals surface area contributed by atoms with E-state index in [1.54, 1.807) is 0 Å². The number of aromatic amines is 1. The highest BCUT2D eigenvalue weighted by molar-refractivity contribution is 5.91. The maximum atomic E-state index is 11.3. The van der Waals surface area contributed by atoms with Crippen molar-refractivity contribution in [2.45, 2.75) is 6.42 Å². The molecule has 0 aromatic carbocycles. The lowest BCUT2D eigenvalue weighted by Crippen LogP contribution is -2.27. The average Bonchev–Trinajstić information content (AvgIpc) is 2.19. The lowest BCUT2D eigenvalue weighted by atomic mass is 10.4. The summed E-state index contributed by atoms with van der Waals surface area (Å²) >= 11 is 0. The molecule has 1 aromatic heterocycles. The molecule has 4 N–H and O–H groups in total. The van der Waals surface area contributed by atoms with Crippen LogP contribution >= 0.6 is 0 Å². The maximum absolute atomic E-state index is 11.3. The highest BCUT2D eigenvalue weighted by Gasteiger charge is 2.04. The minimum Gasteiger partial charge on any atom is -0.351 e. The first-order chi connectivity index (χ1) is 6.74. The predicted octanol–water partition coefficient (Wildman–Crippen LogP) is -1.15. The summed E-state index contributed by atoms with van der Waals surface area (Å²) < 4.78 is 0. The van der Waals surface area contributed by atoms with Crippen molar-refractivity contribution in [3.63, 3.8) is 0 Å². The zero-order chi connectivity index (χ0) is 10.4. The van der Waals surface area contributed by atoms with Gasteiger partial charge in [0.25, 0.3) is 11.5 Å². The van der Waals surface area contributed by atoms with Gasteiger partial charge in [0.2, 0.25) is 0 Å². The molecule has 1 aromatic rings. The van der Waals surface area contributed by atoms with Crippen molar-refractivity contribution in [3.05, 3.63) is 28.4 Å². The third-order valence-electron chi connectivity index (χ3n) is 1.57. The van der Waals surface area contributed by atoms with Gasteiger partial charge < -0.3 is 16.0 Å². The number of amides is 1. The van der Waals surface area contributed by atoms with Crippen molar-refractivity contribution < 1.29 is 4.79 Å². The van der Waals surface area contributed by atoms with Gasteiger partial charge in [0.05, 0.1) is 6.20 Å². The number of aromatic nitrogens is 2. The normalized spacial score (nSPS) is 9.79. The highest BCUT2D eigenvalue weighted by Crippen LogP contribution is 1.87. The van der Waals surface area contributed by atoms with E-state index in [1.165, 1.54) is 6.20 Å². The summed E-state index contributed by atoms with van der Waals surface area (Å²) in [7, 11) is 0. The van der Waals surface area contributed by atoms with Crippen LogP contribution in [0.2, 0.25) is 0 Å². The summed E-state index contributed by atoms with van der Waals surface area (Å²) in [5.41, 5.74) is 5.12. The molecule has 0 aliphatic rings. The van der Waals surface area contributed by atoms with E-state index in [0.717, 1.165) is 12.6 Å². The van der Waals surface area contributed by atoms with Gasteiger partial charge in [-0.15, -0.1) is 0 Å². The van der Waals surface area contributed by atoms with Crippen LogP contribution in [0.4, 0.5) is 0 Å². The van der Waals surface area contributed by atoms with Crippen molar-refractivity contribution in [2.24, 2.45) is 5.73 Å². The molecule has 0 aliphatic heterocycles. The second-order valence-electron chi connectivity index (χ2n) is 2.69. The third-order valence-corrected chi connectivity index (χ3v) is 1.57. The van der Waals surface area contributed by atoms with E-state index in [1.807, 2.05) is 0 Å². The van der Waals surface area contributed by atoms with Crippen LogP contribution in [0.3, 0.4) is 0 Å². The summed E-state index contributed by atoms with van der Waals surface area (Å²) in [4.78, 5) is 28.0. The van der Waals surface area contributed by atoms with Gasteiger partial charge >= 0.3 is 0 Å². The number of hydrogen-bond acceptors (Lipinski definition) is 4. The first-order valence-electron chi connectivity index (χ1n) is 4.27. The van der Waals surface area contributed by atoms with E-state index in [9.17, 15) is 9.59 Å². The van der Waals surface area contributed by atoms with E-state index in [0.29, 0.717) is 13.1 Å². The quantitative estimate of drug-likeness (QED) is 0.529. The Labute approximate surface area is 80.5 Å². The molecule has 1 rings (SSSR count). The van der Waals surface area contributed by atoms with E-state index < -0.39 is 0 Å². The molecule has 6 nitrogen and oxygen atoms in total. The molecular weight excluding hydrogens is 184 g/mol. The fourth-order valence-corrected chi connectivity index (χ4v) is 0.861. The fraction of sp³-hybridized carbons (Fsp3) is 0.375. The number of nitrogens with one attached hydrogen (secondary N) is 2. The van der Waals surface area contributed by atoms with Gasteiger partial charge in [-0.2, -0.15) is 0 Å². The third kappa shape index (κ3) is 2.98. The summed E-state index contributed by atoms with van der Waals surface area (Å²) in [6.07, 6.45) is 3.06. The van der Waals surface area contributed by atoms with Gasteiger partial charge in [-0.25, -0.2) is 4.98 Å². The molecule has 1 amide bonds. The summed E-state index contributed by atoms with van der Waals surface area (Å²) in [6, 6.07) is 0. The van der Waals surface area contributed by atoms with Crippen LogP contribution in [0.1, 0.15) is 16.9 Å². The van der Waals surface area contributed by atoms with Crippen LogP contribution in [0.25, 0.3) is 0 Å². The Balaban J connectivity index is 2.52. The van der Waals surface area contributed by atoms with Gasteiger partial charge in [-0.1, -0.05) is 0 Å². The number of H-pyrrole nitrogens is 1. The molecule has 14 heavy (non-hydrogen) atoms. The van der Waals surface area contributed by atoms with Gasteiger partial charge in [0, 0.05) is 12.7 Å². The van der Waals surface area contributed by atoms with E-state index in [4.69, 9.17) is 5.73 Å². The topological polar surface area (TPSA) is 101 Å². The number of carbonyl (C=O) groups is 1. The van der Waals surface area contributed by atoms with E-state index in [-0.39, 0.29) is 17.2 Å². The molecule has 76 valence electrons. The fourth-order valence-electron chi connectivity index (χ4n) is 0.861. The lowest BCUT2D eigenvalue weighted by molar-refractivity contribution is 0.0948. The van der Waals surface area contributed by atoms with Gasteiger partial charge in [-0.3, -0.25) is 9.59 Å². The largest absolute Gasteiger partial charge is 0.351 e. The first kappa shape index (κ1) is 10.4. The van der Waals surface area contributed by atoms with Crippen LogP contribution in [-0.2, 0) is 0 Å². The Bertz CT molecular complexity index is 340. The second kappa shape index (κ2) is 5.13. The van der Waals surface area contributed by atoms with Crippen LogP contribution in [-0.4, -0.2) is 29.0 Å². The standard InChI is InChI=1S/C8H12N4O2/c9-2-1-3-10-8(14)6-4-12-7(13)5-11-6/h4-5H,1-3,9H2,(H,10,14)(H,12,13). The van der Waals surface area contributed by atoms with Crippen molar-refractivity contribution in [3.8, 4) is 0 Å². The lowest BCUT2D eigenvalue weighted by Gasteiger charge is -2.01. The Morgan fingerprint density at radius 3 is 3.00 bits per heavy atom. The van der Waals surface area contributed by atoms with Crippen LogP contribution in [0.15, 0.2) is 17.2 Å². The van der Waals surface area contributed by atoms with Crippen molar-refractivity contribution in [1.82, 2.24) is 15.3 Å². The molecule has 0 bridgehead atoms. The van der Waals surface area contributed by atoms with Crippen molar-refractivity contribution in [2.75, 3.05) is 13.1 Å². The number of hydrogen-bond donors (Lipinski definition) is 3. The molecule has 0 saturated carbocycles. The monoisotopic (exact) mass is 196 g/mol. The maximum Gasteiger partial charge on any atom is 0.271 e. The minimum absolute atomic E-state index is 0.196. The molecule has 0 spiro atoms. The Morgan fingerprint density at radius 1 is 1.64 bits per heavy atom. The molecule has 0 radical (unpaired) electrons. The molecule has 1 heterocycles.